The summed E-state index contributed by atoms with van der Waals surface area (Å²) in [5, 5.41) is 7.80. The average molecular weight is 270 g/mol. The van der Waals surface area contributed by atoms with E-state index in [1.165, 1.54) is 38.0 Å². The summed E-state index contributed by atoms with van der Waals surface area (Å²) in [6.45, 7) is 5.70. The molecule has 1 aromatic carbocycles. The Labute approximate surface area is 120 Å². The maximum absolute atomic E-state index is 4.27. The maximum Gasteiger partial charge on any atom is 0.0648 e. The van der Waals surface area contributed by atoms with Crippen molar-refractivity contribution in [2.45, 2.75) is 19.4 Å². The fourth-order valence-electron chi connectivity index (χ4n) is 2.71. The van der Waals surface area contributed by atoms with Crippen molar-refractivity contribution in [3.05, 3.63) is 48.3 Å². The number of aromatic nitrogens is 2. The third-order valence-corrected chi connectivity index (χ3v) is 3.81. The fourth-order valence-corrected chi connectivity index (χ4v) is 2.71. The van der Waals surface area contributed by atoms with Crippen LogP contribution in [0.3, 0.4) is 0 Å². The smallest absolute Gasteiger partial charge is 0.0648 e. The Hall–Kier alpha value is -1.65. The van der Waals surface area contributed by atoms with Gasteiger partial charge in [0.2, 0.25) is 0 Å². The van der Waals surface area contributed by atoms with Crippen LogP contribution >= 0.6 is 0 Å². The van der Waals surface area contributed by atoms with Crippen LogP contribution in [0, 0.1) is 0 Å². The molecular weight excluding hydrogens is 248 g/mol. The largest absolute Gasteiger partial charge is 0.311 e. The number of rotatable bonds is 6. The van der Waals surface area contributed by atoms with Gasteiger partial charge in [-0.15, -0.1) is 0 Å². The summed E-state index contributed by atoms with van der Waals surface area (Å²) in [4.78, 5) is 2.53. The quantitative estimate of drug-likeness (QED) is 0.816. The first-order valence-corrected chi connectivity index (χ1v) is 7.44. The molecule has 4 nitrogen and oxygen atoms in total. The van der Waals surface area contributed by atoms with E-state index in [9.17, 15) is 0 Å². The zero-order chi connectivity index (χ0) is 13.6. The molecular formula is C16H22N4. The molecule has 1 N–H and O–H groups in total. The molecule has 20 heavy (non-hydrogen) atoms. The Morgan fingerprint density at radius 2 is 2.05 bits per heavy atom. The third kappa shape index (κ3) is 3.46. The molecule has 2 aromatic rings. The first-order chi connectivity index (χ1) is 9.92. The summed E-state index contributed by atoms with van der Waals surface area (Å²) in [6.07, 6.45) is 6.51. The first-order valence-electron chi connectivity index (χ1n) is 7.44. The Morgan fingerprint density at radius 3 is 2.85 bits per heavy atom. The number of nitrogens with zero attached hydrogens (tertiary/aromatic N) is 3. The van der Waals surface area contributed by atoms with Crippen LogP contribution in [0.1, 0.15) is 18.4 Å². The highest BCUT2D eigenvalue weighted by Crippen LogP contribution is 2.09. The molecule has 0 saturated carbocycles. The molecule has 1 fully saturated rings. The lowest BCUT2D eigenvalue weighted by Gasteiger charge is -2.14. The van der Waals surface area contributed by atoms with Gasteiger partial charge in [-0.25, -0.2) is 4.68 Å². The van der Waals surface area contributed by atoms with Crippen molar-refractivity contribution >= 4 is 0 Å². The van der Waals surface area contributed by atoms with Crippen LogP contribution in [0.15, 0.2) is 42.7 Å². The van der Waals surface area contributed by atoms with E-state index >= 15 is 0 Å². The van der Waals surface area contributed by atoms with E-state index in [4.69, 9.17) is 0 Å². The molecule has 0 amide bonds. The zero-order valence-corrected chi connectivity index (χ0v) is 11.8. The topological polar surface area (TPSA) is 33.1 Å². The molecule has 1 aliphatic rings. The highest BCUT2D eigenvalue weighted by Gasteiger charge is 2.09. The Morgan fingerprint density at radius 1 is 1.15 bits per heavy atom. The number of nitrogens with one attached hydrogen (secondary N) is 1. The van der Waals surface area contributed by atoms with E-state index in [1.807, 2.05) is 16.9 Å². The van der Waals surface area contributed by atoms with E-state index in [0.29, 0.717) is 0 Å². The van der Waals surface area contributed by atoms with Gasteiger partial charge in [0, 0.05) is 32.0 Å². The van der Waals surface area contributed by atoms with E-state index in [1.54, 1.807) is 6.20 Å². The van der Waals surface area contributed by atoms with Gasteiger partial charge in [0.05, 0.1) is 5.69 Å². The molecule has 3 rings (SSSR count). The average Bonchev–Trinajstić information content (AvgIpc) is 3.17. The lowest BCUT2D eigenvalue weighted by Crippen LogP contribution is -2.29. The maximum atomic E-state index is 4.27. The number of benzene rings is 1. The van der Waals surface area contributed by atoms with Gasteiger partial charge in [-0.3, -0.25) is 0 Å². The summed E-state index contributed by atoms with van der Waals surface area (Å²) >= 11 is 0. The predicted octanol–water partition coefficient (Wildman–Crippen LogP) is 2.06. The summed E-state index contributed by atoms with van der Waals surface area (Å²) < 4.78 is 1.90. The minimum Gasteiger partial charge on any atom is -0.311 e. The SMILES string of the molecule is c1cc(CNCCN2CCCC2)cc(-n2cccn2)c1. The number of likely N-dealkylation sites (tertiary alicyclic amines) is 1. The van der Waals surface area contributed by atoms with Crippen molar-refractivity contribution in [1.29, 1.82) is 0 Å². The van der Waals surface area contributed by atoms with Gasteiger partial charge in [0.25, 0.3) is 0 Å². The number of hydrogen-bond donors (Lipinski definition) is 1. The van der Waals surface area contributed by atoms with Crippen molar-refractivity contribution in [2.24, 2.45) is 0 Å². The lowest BCUT2D eigenvalue weighted by atomic mass is 10.2. The van der Waals surface area contributed by atoms with Gasteiger partial charge >= 0.3 is 0 Å². The molecule has 0 aliphatic carbocycles. The second-order valence-corrected chi connectivity index (χ2v) is 5.35. The Balaban J connectivity index is 1.49. The molecule has 2 heterocycles. The van der Waals surface area contributed by atoms with Gasteiger partial charge in [-0.2, -0.15) is 5.10 Å². The zero-order valence-electron chi connectivity index (χ0n) is 11.8. The minimum absolute atomic E-state index is 0.920. The summed E-state index contributed by atoms with van der Waals surface area (Å²) in [5.41, 5.74) is 2.42. The molecule has 0 spiro atoms. The molecule has 0 atom stereocenters. The third-order valence-electron chi connectivity index (χ3n) is 3.81. The van der Waals surface area contributed by atoms with Crippen molar-refractivity contribution in [2.75, 3.05) is 26.2 Å². The van der Waals surface area contributed by atoms with Crippen LogP contribution in [-0.2, 0) is 6.54 Å². The monoisotopic (exact) mass is 270 g/mol. The van der Waals surface area contributed by atoms with Crippen molar-refractivity contribution < 1.29 is 0 Å². The van der Waals surface area contributed by atoms with Crippen LogP contribution in [-0.4, -0.2) is 40.9 Å². The Bertz CT molecular complexity index is 515. The van der Waals surface area contributed by atoms with Crippen molar-refractivity contribution in [3.63, 3.8) is 0 Å². The van der Waals surface area contributed by atoms with Gasteiger partial charge < -0.3 is 10.2 Å². The second-order valence-electron chi connectivity index (χ2n) is 5.35. The molecule has 0 unspecified atom stereocenters. The van der Waals surface area contributed by atoms with Crippen LogP contribution in [0.2, 0.25) is 0 Å². The lowest BCUT2D eigenvalue weighted by molar-refractivity contribution is 0.335. The van der Waals surface area contributed by atoms with Crippen LogP contribution in [0.25, 0.3) is 5.69 Å². The van der Waals surface area contributed by atoms with Crippen LogP contribution in [0.5, 0.6) is 0 Å². The molecule has 1 aromatic heterocycles. The van der Waals surface area contributed by atoms with E-state index in [2.05, 4.69) is 39.6 Å². The normalized spacial score (nSPS) is 15.8. The first kappa shape index (κ1) is 13.3. The summed E-state index contributed by atoms with van der Waals surface area (Å²) in [5.74, 6) is 0. The highest BCUT2D eigenvalue weighted by atomic mass is 15.3. The van der Waals surface area contributed by atoms with Gasteiger partial charge in [0.1, 0.15) is 0 Å². The second kappa shape index (κ2) is 6.68. The van der Waals surface area contributed by atoms with Crippen LogP contribution in [0.4, 0.5) is 0 Å². The summed E-state index contributed by atoms with van der Waals surface area (Å²) in [6, 6.07) is 10.5. The van der Waals surface area contributed by atoms with E-state index < -0.39 is 0 Å². The molecule has 0 radical (unpaired) electrons. The fraction of sp³-hybridized carbons (Fsp3) is 0.438. The molecule has 1 saturated heterocycles. The molecule has 1 aliphatic heterocycles. The van der Waals surface area contributed by atoms with Gasteiger partial charge in [-0.1, -0.05) is 12.1 Å². The highest BCUT2D eigenvalue weighted by molar-refractivity contribution is 5.34. The van der Waals surface area contributed by atoms with Crippen LogP contribution < -0.4 is 5.32 Å². The van der Waals surface area contributed by atoms with Crippen molar-refractivity contribution in [1.82, 2.24) is 20.0 Å². The van der Waals surface area contributed by atoms with E-state index in [0.717, 1.165) is 18.8 Å². The Kier molecular flexibility index (Phi) is 4.46. The number of hydrogen-bond acceptors (Lipinski definition) is 3. The summed E-state index contributed by atoms with van der Waals surface area (Å²) in [7, 11) is 0. The molecule has 4 heteroatoms. The molecule has 0 bridgehead atoms. The predicted molar refractivity (Wildman–Crippen MR) is 80.9 cm³/mol. The van der Waals surface area contributed by atoms with Crippen molar-refractivity contribution in [3.8, 4) is 5.69 Å². The standard InChI is InChI=1S/C16H22N4/c1-2-10-19(9-1)12-8-17-14-15-5-3-6-16(13-15)20-11-4-7-18-20/h3-7,11,13,17H,1-2,8-10,12,14H2. The van der Waals surface area contributed by atoms with Gasteiger partial charge in [-0.05, 0) is 49.7 Å². The molecule has 106 valence electrons. The van der Waals surface area contributed by atoms with Gasteiger partial charge in [0.15, 0.2) is 0 Å². The van der Waals surface area contributed by atoms with E-state index in [-0.39, 0.29) is 0 Å². The minimum atomic E-state index is 0.920.